The van der Waals surface area contributed by atoms with Gasteiger partial charge >= 0.3 is 5.69 Å². The second-order valence-electron chi connectivity index (χ2n) is 3.94. The minimum Gasteiger partial charge on any atom is -0.305 e. The summed E-state index contributed by atoms with van der Waals surface area (Å²) in [7, 11) is 0. The summed E-state index contributed by atoms with van der Waals surface area (Å²) in [5.41, 5.74) is 1.52. The highest BCUT2D eigenvalue weighted by Crippen LogP contribution is 2.27. The molecular formula is C12H7Cl2N5O. The molecule has 0 spiro atoms. The molecule has 0 atom stereocenters. The predicted molar refractivity (Wildman–Crippen MR) is 75.2 cm³/mol. The van der Waals surface area contributed by atoms with Crippen molar-refractivity contribution in [2.45, 2.75) is 0 Å². The van der Waals surface area contributed by atoms with E-state index in [2.05, 4.69) is 20.3 Å². The van der Waals surface area contributed by atoms with Crippen LogP contribution in [0.4, 0.5) is 0 Å². The second kappa shape index (κ2) is 5.07. The maximum absolute atomic E-state index is 11.3. The first-order valence-electron chi connectivity index (χ1n) is 5.57. The molecule has 0 saturated carbocycles. The molecule has 20 heavy (non-hydrogen) atoms. The first-order valence-corrected chi connectivity index (χ1v) is 6.32. The lowest BCUT2D eigenvalue weighted by molar-refractivity contribution is 0.804. The SMILES string of the molecule is O=c1nccc(-c2cc(Cl)ccc2-n2cc(Cl)nn2)[nH]1. The number of hydrogen-bond acceptors (Lipinski definition) is 4. The Morgan fingerprint density at radius 1 is 1.20 bits per heavy atom. The Hall–Kier alpha value is -2.18. The van der Waals surface area contributed by atoms with Crippen LogP contribution in [0.2, 0.25) is 10.2 Å². The fraction of sp³-hybridized carbons (Fsp3) is 0. The molecule has 2 heterocycles. The molecule has 1 N–H and O–H groups in total. The Morgan fingerprint density at radius 3 is 2.75 bits per heavy atom. The fourth-order valence-electron chi connectivity index (χ4n) is 1.81. The Morgan fingerprint density at radius 2 is 2.05 bits per heavy atom. The lowest BCUT2D eigenvalue weighted by Gasteiger charge is -2.09. The van der Waals surface area contributed by atoms with E-state index < -0.39 is 5.69 Å². The summed E-state index contributed by atoms with van der Waals surface area (Å²) in [4.78, 5) is 17.6. The standard InChI is InChI=1S/C12H7Cl2N5O/c13-7-1-2-10(19-6-11(14)17-18-19)8(5-7)9-3-4-15-12(20)16-9/h1-6H,(H,15,16,20). The number of rotatable bonds is 2. The molecule has 3 aromatic rings. The summed E-state index contributed by atoms with van der Waals surface area (Å²) in [6, 6.07) is 6.88. The molecule has 100 valence electrons. The van der Waals surface area contributed by atoms with Crippen molar-refractivity contribution >= 4 is 23.2 Å². The summed E-state index contributed by atoms with van der Waals surface area (Å²) in [5, 5.41) is 8.44. The third-order valence-corrected chi connectivity index (χ3v) is 3.04. The van der Waals surface area contributed by atoms with Crippen molar-refractivity contribution in [2.75, 3.05) is 0 Å². The number of nitrogens with one attached hydrogen (secondary N) is 1. The van der Waals surface area contributed by atoms with Crippen LogP contribution in [0.3, 0.4) is 0 Å². The van der Waals surface area contributed by atoms with Gasteiger partial charge in [-0.15, -0.1) is 5.10 Å². The van der Waals surface area contributed by atoms with Crippen molar-refractivity contribution in [3.63, 3.8) is 0 Å². The highest BCUT2D eigenvalue weighted by molar-refractivity contribution is 6.31. The van der Waals surface area contributed by atoms with Gasteiger partial charge in [-0.25, -0.2) is 14.5 Å². The molecule has 0 aliphatic carbocycles. The van der Waals surface area contributed by atoms with E-state index >= 15 is 0 Å². The van der Waals surface area contributed by atoms with Crippen molar-refractivity contribution in [3.05, 3.63) is 57.3 Å². The van der Waals surface area contributed by atoms with Gasteiger partial charge < -0.3 is 4.98 Å². The zero-order valence-electron chi connectivity index (χ0n) is 9.92. The molecule has 0 aliphatic rings. The van der Waals surface area contributed by atoms with E-state index in [1.807, 2.05) is 0 Å². The Kier molecular flexibility index (Phi) is 3.25. The Balaban J connectivity index is 2.24. The second-order valence-corrected chi connectivity index (χ2v) is 4.76. The molecule has 0 bridgehead atoms. The van der Waals surface area contributed by atoms with Gasteiger partial charge in [0.2, 0.25) is 0 Å². The minimum atomic E-state index is -0.440. The molecule has 3 rings (SSSR count). The van der Waals surface area contributed by atoms with Crippen LogP contribution in [0.1, 0.15) is 0 Å². The van der Waals surface area contributed by atoms with Crippen LogP contribution in [-0.4, -0.2) is 25.0 Å². The molecule has 0 unspecified atom stereocenters. The van der Waals surface area contributed by atoms with Crippen LogP contribution in [0, 0.1) is 0 Å². The average Bonchev–Trinajstić information content (AvgIpc) is 2.85. The van der Waals surface area contributed by atoms with Crippen molar-refractivity contribution in [2.24, 2.45) is 0 Å². The summed E-state index contributed by atoms with van der Waals surface area (Å²) >= 11 is 11.8. The van der Waals surface area contributed by atoms with Crippen LogP contribution >= 0.6 is 23.2 Å². The topological polar surface area (TPSA) is 76.5 Å². The minimum absolute atomic E-state index is 0.272. The molecule has 2 aromatic heterocycles. The highest BCUT2D eigenvalue weighted by Gasteiger charge is 2.10. The van der Waals surface area contributed by atoms with Gasteiger partial charge in [0.05, 0.1) is 17.6 Å². The lowest BCUT2D eigenvalue weighted by atomic mass is 10.1. The number of hydrogen-bond donors (Lipinski definition) is 1. The van der Waals surface area contributed by atoms with Crippen molar-refractivity contribution in [3.8, 4) is 16.9 Å². The number of benzene rings is 1. The van der Waals surface area contributed by atoms with E-state index in [9.17, 15) is 4.79 Å². The van der Waals surface area contributed by atoms with E-state index in [0.717, 1.165) is 0 Å². The molecule has 0 saturated heterocycles. The van der Waals surface area contributed by atoms with Crippen LogP contribution in [0.15, 0.2) is 41.5 Å². The number of nitrogens with zero attached hydrogens (tertiary/aromatic N) is 4. The van der Waals surface area contributed by atoms with Gasteiger partial charge in [-0.3, -0.25) is 0 Å². The largest absolute Gasteiger partial charge is 0.345 e. The zero-order valence-corrected chi connectivity index (χ0v) is 11.4. The smallest absolute Gasteiger partial charge is 0.305 e. The highest BCUT2D eigenvalue weighted by atomic mass is 35.5. The first-order chi connectivity index (χ1) is 9.63. The molecule has 0 radical (unpaired) electrons. The van der Waals surface area contributed by atoms with E-state index in [-0.39, 0.29) is 5.15 Å². The van der Waals surface area contributed by atoms with E-state index in [1.165, 1.54) is 10.9 Å². The monoisotopic (exact) mass is 307 g/mol. The number of aromatic nitrogens is 5. The number of H-pyrrole nitrogens is 1. The average molecular weight is 308 g/mol. The first kappa shape index (κ1) is 12.8. The maximum atomic E-state index is 11.3. The van der Waals surface area contributed by atoms with Crippen LogP contribution in [0.25, 0.3) is 16.9 Å². The van der Waals surface area contributed by atoms with Crippen molar-refractivity contribution < 1.29 is 0 Å². The molecule has 8 heteroatoms. The van der Waals surface area contributed by atoms with E-state index in [1.54, 1.807) is 30.5 Å². The lowest BCUT2D eigenvalue weighted by Crippen LogP contribution is -2.10. The maximum Gasteiger partial charge on any atom is 0.345 e. The molecule has 0 amide bonds. The third-order valence-electron chi connectivity index (χ3n) is 2.64. The van der Waals surface area contributed by atoms with Crippen LogP contribution in [-0.2, 0) is 0 Å². The van der Waals surface area contributed by atoms with Crippen molar-refractivity contribution in [1.82, 2.24) is 25.0 Å². The van der Waals surface area contributed by atoms with Crippen LogP contribution < -0.4 is 5.69 Å². The van der Waals surface area contributed by atoms with Gasteiger partial charge in [-0.05, 0) is 24.3 Å². The summed E-state index contributed by atoms with van der Waals surface area (Å²) in [6.45, 7) is 0. The van der Waals surface area contributed by atoms with Gasteiger partial charge in [0.25, 0.3) is 0 Å². The normalized spacial score (nSPS) is 10.7. The van der Waals surface area contributed by atoms with Crippen molar-refractivity contribution in [1.29, 1.82) is 0 Å². The van der Waals surface area contributed by atoms with Gasteiger partial charge in [0, 0.05) is 16.8 Å². The third kappa shape index (κ3) is 2.43. The number of halogens is 2. The Bertz CT molecular complexity index is 826. The van der Waals surface area contributed by atoms with Gasteiger partial charge in [-0.2, -0.15) is 0 Å². The fourth-order valence-corrected chi connectivity index (χ4v) is 2.11. The van der Waals surface area contributed by atoms with Gasteiger partial charge in [0.15, 0.2) is 5.15 Å². The van der Waals surface area contributed by atoms with E-state index in [0.29, 0.717) is 22.0 Å². The summed E-state index contributed by atoms with van der Waals surface area (Å²) in [5.74, 6) is 0. The number of aromatic amines is 1. The quantitative estimate of drug-likeness (QED) is 0.788. The zero-order chi connectivity index (χ0) is 14.1. The van der Waals surface area contributed by atoms with Gasteiger partial charge in [-0.1, -0.05) is 28.4 Å². The molecule has 6 nitrogen and oxygen atoms in total. The van der Waals surface area contributed by atoms with Crippen LogP contribution in [0.5, 0.6) is 0 Å². The Labute approximate surface area is 123 Å². The molecule has 0 fully saturated rings. The molecule has 1 aromatic carbocycles. The summed E-state index contributed by atoms with van der Waals surface area (Å²) in [6.07, 6.45) is 2.99. The van der Waals surface area contributed by atoms with Gasteiger partial charge in [0.1, 0.15) is 0 Å². The predicted octanol–water partition coefficient (Wildman–Crippen LogP) is 2.32. The molecule has 0 aliphatic heterocycles. The van der Waals surface area contributed by atoms with E-state index in [4.69, 9.17) is 23.2 Å². The summed E-state index contributed by atoms with van der Waals surface area (Å²) < 4.78 is 1.51. The molecular weight excluding hydrogens is 301 g/mol.